The standard InChI is InChI=1S/C24H42O2P/c1-2-3-4-5-6-7-8-9-10-11-12-13-14-15-16-17-20-23-21-18-19-22-24(23)26-27-25/h18-19,21-22,27H,2-17,20H2,1H3/q+1. The first-order chi connectivity index (χ1) is 13.4. The molecule has 1 atom stereocenters. The lowest BCUT2D eigenvalue weighted by Crippen LogP contribution is -1.90. The van der Waals surface area contributed by atoms with Crippen LogP contribution in [0.3, 0.4) is 0 Å². The highest BCUT2D eigenvalue weighted by Crippen LogP contribution is 2.23. The maximum atomic E-state index is 10.7. The number of para-hydroxylation sites is 1. The molecule has 0 fully saturated rings. The van der Waals surface area contributed by atoms with Crippen LogP contribution in [0.5, 0.6) is 5.75 Å². The Hall–Kier alpha value is -0.880. The van der Waals surface area contributed by atoms with Crippen LogP contribution in [0, 0.1) is 0 Å². The molecule has 0 saturated carbocycles. The Kier molecular flexibility index (Phi) is 16.5. The predicted molar refractivity (Wildman–Crippen MR) is 119 cm³/mol. The molecule has 0 N–H and O–H groups in total. The van der Waals surface area contributed by atoms with Crippen LogP contribution in [-0.2, 0) is 11.0 Å². The lowest BCUT2D eigenvalue weighted by Gasteiger charge is -2.05. The Morgan fingerprint density at radius 1 is 0.667 bits per heavy atom. The average Bonchev–Trinajstić information content (AvgIpc) is 2.69. The van der Waals surface area contributed by atoms with Crippen molar-refractivity contribution in [2.24, 2.45) is 0 Å². The van der Waals surface area contributed by atoms with Gasteiger partial charge in [-0.1, -0.05) is 121 Å². The molecule has 27 heavy (non-hydrogen) atoms. The normalized spacial score (nSPS) is 11.1. The van der Waals surface area contributed by atoms with Gasteiger partial charge in [0, 0.05) is 5.56 Å². The number of benzene rings is 1. The van der Waals surface area contributed by atoms with Crippen molar-refractivity contribution in [2.45, 2.75) is 116 Å². The minimum atomic E-state index is -0.715. The summed E-state index contributed by atoms with van der Waals surface area (Å²) in [6.07, 6.45) is 23.4. The summed E-state index contributed by atoms with van der Waals surface area (Å²) < 4.78 is 15.9. The fraction of sp³-hybridized carbons (Fsp3) is 0.750. The van der Waals surface area contributed by atoms with Gasteiger partial charge in [-0.05, 0) is 23.5 Å². The highest BCUT2D eigenvalue weighted by Gasteiger charge is 2.06. The Labute approximate surface area is 169 Å². The second-order valence-corrected chi connectivity index (χ2v) is 8.22. The smallest absolute Gasteiger partial charge is 0.256 e. The van der Waals surface area contributed by atoms with Crippen molar-refractivity contribution >= 4 is 8.69 Å². The van der Waals surface area contributed by atoms with E-state index in [1.807, 2.05) is 18.2 Å². The van der Waals surface area contributed by atoms with Gasteiger partial charge >= 0.3 is 8.69 Å². The van der Waals surface area contributed by atoms with Crippen LogP contribution in [0.15, 0.2) is 24.3 Å². The largest absolute Gasteiger partial charge is 0.542 e. The van der Waals surface area contributed by atoms with Gasteiger partial charge in [0.15, 0.2) is 5.75 Å². The van der Waals surface area contributed by atoms with E-state index in [1.54, 1.807) is 0 Å². The molecule has 0 saturated heterocycles. The highest BCUT2D eigenvalue weighted by atomic mass is 31.1. The van der Waals surface area contributed by atoms with Gasteiger partial charge in [-0.3, -0.25) is 4.52 Å². The molecular formula is C24H42O2P+. The Morgan fingerprint density at radius 2 is 1.11 bits per heavy atom. The summed E-state index contributed by atoms with van der Waals surface area (Å²) in [5.74, 6) is 0.784. The fourth-order valence-electron chi connectivity index (χ4n) is 3.72. The summed E-state index contributed by atoms with van der Waals surface area (Å²) in [5.41, 5.74) is 1.19. The molecular weight excluding hydrogens is 351 g/mol. The Bertz CT molecular complexity index is 461. The molecule has 1 unspecified atom stereocenters. The molecule has 0 bridgehead atoms. The second kappa shape index (κ2) is 18.5. The molecule has 0 radical (unpaired) electrons. The van der Waals surface area contributed by atoms with Gasteiger partial charge in [0.25, 0.3) is 0 Å². The van der Waals surface area contributed by atoms with E-state index in [0.717, 1.165) is 12.2 Å². The zero-order valence-corrected chi connectivity index (χ0v) is 18.6. The molecule has 3 heteroatoms. The van der Waals surface area contributed by atoms with Gasteiger partial charge in [0.2, 0.25) is 0 Å². The lowest BCUT2D eigenvalue weighted by atomic mass is 10.0. The molecule has 2 nitrogen and oxygen atoms in total. The van der Waals surface area contributed by atoms with Gasteiger partial charge < -0.3 is 0 Å². The second-order valence-electron chi connectivity index (χ2n) is 7.85. The van der Waals surface area contributed by atoms with Crippen LogP contribution in [0.25, 0.3) is 0 Å². The molecule has 0 aliphatic rings. The minimum absolute atomic E-state index is 0.715. The van der Waals surface area contributed by atoms with Crippen molar-refractivity contribution in [3.8, 4) is 5.75 Å². The van der Waals surface area contributed by atoms with Crippen LogP contribution in [0.1, 0.15) is 115 Å². The van der Waals surface area contributed by atoms with E-state index in [2.05, 4.69) is 13.0 Å². The van der Waals surface area contributed by atoms with Gasteiger partial charge in [-0.2, -0.15) is 0 Å². The van der Waals surface area contributed by atoms with E-state index in [1.165, 1.54) is 108 Å². The van der Waals surface area contributed by atoms with Crippen molar-refractivity contribution in [3.63, 3.8) is 0 Å². The van der Waals surface area contributed by atoms with Crippen molar-refractivity contribution in [2.75, 3.05) is 0 Å². The third kappa shape index (κ3) is 13.9. The third-order valence-corrected chi connectivity index (χ3v) is 5.73. The SMILES string of the molecule is CCCCCCCCCCCCCCCCCCc1ccccc1O[PH+]=O. The highest BCUT2D eigenvalue weighted by molar-refractivity contribution is 7.17. The molecule has 0 aliphatic carbocycles. The average molecular weight is 394 g/mol. The summed E-state index contributed by atoms with van der Waals surface area (Å²) in [4.78, 5) is 0. The van der Waals surface area contributed by atoms with Crippen molar-refractivity contribution in [3.05, 3.63) is 29.8 Å². The van der Waals surface area contributed by atoms with Crippen LogP contribution >= 0.6 is 8.69 Å². The van der Waals surface area contributed by atoms with E-state index in [0.29, 0.717) is 0 Å². The van der Waals surface area contributed by atoms with Crippen molar-refractivity contribution in [1.29, 1.82) is 0 Å². The molecule has 0 heterocycles. The van der Waals surface area contributed by atoms with Crippen molar-refractivity contribution in [1.82, 2.24) is 0 Å². The summed E-state index contributed by atoms with van der Waals surface area (Å²) in [6, 6.07) is 7.96. The number of aryl methyl sites for hydroxylation is 1. The quantitative estimate of drug-likeness (QED) is 0.173. The topological polar surface area (TPSA) is 26.3 Å². The molecule has 0 aliphatic heterocycles. The first-order valence-corrected chi connectivity index (χ1v) is 12.3. The third-order valence-electron chi connectivity index (χ3n) is 5.42. The van der Waals surface area contributed by atoms with Gasteiger partial charge in [-0.25, -0.2) is 0 Å². The maximum Gasteiger partial charge on any atom is 0.542 e. The van der Waals surface area contributed by atoms with Gasteiger partial charge in [0.1, 0.15) is 0 Å². The van der Waals surface area contributed by atoms with Gasteiger partial charge in [0.05, 0.1) is 0 Å². The van der Waals surface area contributed by atoms with E-state index in [4.69, 9.17) is 4.52 Å². The number of unbranched alkanes of at least 4 members (excludes halogenated alkanes) is 15. The zero-order chi connectivity index (χ0) is 19.4. The summed E-state index contributed by atoms with van der Waals surface area (Å²) in [6.45, 7) is 2.29. The summed E-state index contributed by atoms with van der Waals surface area (Å²) in [5, 5.41) is 0. The molecule has 154 valence electrons. The predicted octanol–water partition coefficient (Wildman–Crippen LogP) is 8.81. The molecule has 1 aromatic rings. The zero-order valence-electron chi connectivity index (χ0n) is 17.6. The Balaban J connectivity index is 1.84. The van der Waals surface area contributed by atoms with E-state index in [-0.39, 0.29) is 0 Å². The van der Waals surface area contributed by atoms with E-state index >= 15 is 0 Å². The maximum absolute atomic E-state index is 10.7. The summed E-state index contributed by atoms with van der Waals surface area (Å²) >= 11 is 0. The van der Waals surface area contributed by atoms with E-state index in [9.17, 15) is 4.57 Å². The fourth-order valence-corrected chi connectivity index (χ4v) is 4.01. The molecule has 0 aromatic heterocycles. The van der Waals surface area contributed by atoms with E-state index < -0.39 is 8.69 Å². The monoisotopic (exact) mass is 393 g/mol. The molecule has 1 aromatic carbocycles. The first kappa shape index (κ1) is 24.2. The number of hydrogen-bond donors (Lipinski definition) is 0. The minimum Gasteiger partial charge on any atom is -0.256 e. The van der Waals surface area contributed by atoms with Crippen molar-refractivity contribution < 1.29 is 9.09 Å². The van der Waals surface area contributed by atoms with Gasteiger partial charge in [-0.15, -0.1) is 0 Å². The van der Waals surface area contributed by atoms with Crippen LogP contribution in [0.2, 0.25) is 0 Å². The number of rotatable bonds is 19. The van der Waals surface area contributed by atoms with Crippen LogP contribution < -0.4 is 4.52 Å². The Morgan fingerprint density at radius 3 is 1.59 bits per heavy atom. The molecule has 0 amide bonds. The number of hydrogen-bond acceptors (Lipinski definition) is 2. The van der Waals surface area contributed by atoms with Crippen LogP contribution in [0.4, 0.5) is 0 Å². The molecule has 1 rings (SSSR count). The first-order valence-electron chi connectivity index (χ1n) is 11.5. The molecule has 0 spiro atoms. The summed E-state index contributed by atoms with van der Waals surface area (Å²) in [7, 11) is -0.715. The lowest BCUT2D eigenvalue weighted by molar-refractivity contribution is 0.518. The van der Waals surface area contributed by atoms with Crippen LogP contribution in [-0.4, -0.2) is 0 Å².